The Morgan fingerprint density at radius 2 is 2.21 bits per heavy atom. The van der Waals surface area contributed by atoms with Crippen LogP contribution in [0.3, 0.4) is 0 Å². The van der Waals surface area contributed by atoms with Gasteiger partial charge < -0.3 is 9.84 Å². The van der Waals surface area contributed by atoms with Crippen LogP contribution in [0.1, 0.15) is 57.6 Å². The number of aliphatic hydroxyl groups excluding tert-OH is 1. The third-order valence-electron chi connectivity index (χ3n) is 4.04. The van der Waals surface area contributed by atoms with Crippen molar-refractivity contribution < 1.29 is 14.2 Å². The summed E-state index contributed by atoms with van der Waals surface area (Å²) in [6.07, 6.45) is 5.11. The quantitative estimate of drug-likeness (QED) is 0.883. The van der Waals surface area contributed by atoms with Gasteiger partial charge in [-0.2, -0.15) is 0 Å². The molecule has 1 N–H and O–H groups in total. The molecule has 0 amide bonds. The van der Waals surface area contributed by atoms with Crippen molar-refractivity contribution in [1.29, 1.82) is 0 Å². The van der Waals surface area contributed by atoms with E-state index in [-0.39, 0.29) is 11.9 Å². The van der Waals surface area contributed by atoms with Crippen LogP contribution in [0.15, 0.2) is 18.2 Å². The first-order valence-corrected chi connectivity index (χ1v) is 7.24. The lowest BCUT2D eigenvalue weighted by atomic mass is 9.85. The van der Waals surface area contributed by atoms with Crippen molar-refractivity contribution in [1.82, 2.24) is 0 Å². The molecule has 3 atom stereocenters. The minimum atomic E-state index is -0.650. The predicted octanol–water partition coefficient (Wildman–Crippen LogP) is 4.23. The summed E-state index contributed by atoms with van der Waals surface area (Å²) in [5.74, 6) is 0.640. The molecule has 1 saturated carbocycles. The van der Waals surface area contributed by atoms with Gasteiger partial charge in [0.05, 0.1) is 12.2 Å². The molecule has 1 aromatic rings. The number of benzene rings is 1. The van der Waals surface area contributed by atoms with Crippen molar-refractivity contribution in [3.63, 3.8) is 0 Å². The molecule has 0 aliphatic heterocycles. The maximum Gasteiger partial charge on any atom is 0.165 e. The highest BCUT2D eigenvalue weighted by Crippen LogP contribution is 2.31. The van der Waals surface area contributed by atoms with E-state index in [2.05, 4.69) is 6.92 Å². The number of hydrogen-bond donors (Lipinski definition) is 1. The van der Waals surface area contributed by atoms with E-state index >= 15 is 0 Å². The van der Waals surface area contributed by atoms with Crippen LogP contribution in [-0.4, -0.2) is 11.2 Å². The molecular formula is C16H23FO2. The first-order chi connectivity index (χ1) is 9.10. The molecule has 0 heterocycles. The van der Waals surface area contributed by atoms with E-state index in [0.717, 1.165) is 19.3 Å². The minimum Gasteiger partial charge on any atom is -0.487 e. The van der Waals surface area contributed by atoms with Gasteiger partial charge in [-0.1, -0.05) is 25.8 Å². The van der Waals surface area contributed by atoms with E-state index in [4.69, 9.17) is 4.74 Å². The fraction of sp³-hybridized carbons (Fsp3) is 0.625. The summed E-state index contributed by atoms with van der Waals surface area (Å²) in [7, 11) is 0. The summed E-state index contributed by atoms with van der Waals surface area (Å²) < 4.78 is 19.7. The van der Waals surface area contributed by atoms with E-state index in [1.165, 1.54) is 18.9 Å². The lowest BCUT2D eigenvalue weighted by Gasteiger charge is -2.29. The van der Waals surface area contributed by atoms with Gasteiger partial charge in [-0.05, 0) is 49.8 Å². The van der Waals surface area contributed by atoms with Crippen LogP contribution in [0, 0.1) is 11.7 Å². The lowest BCUT2D eigenvalue weighted by Crippen LogP contribution is -2.25. The Labute approximate surface area is 114 Å². The van der Waals surface area contributed by atoms with Crippen LogP contribution in [0.2, 0.25) is 0 Å². The van der Waals surface area contributed by atoms with Gasteiger partial charge in [0.1, 0.15) is 0 Å². The van der Waals surface area contributed by atoms with Crippen LogP contribution >= 0.6 is 0 Å². The highest BCUT2D eigenvalue weighted by Gasteiger charge is 2.23. The zero-order valence-electron chi connectivity index (χ0n) is 11.7. The average molecular weight is 266 g/mol. The van der Waals surface area contributed by atoms with Crippen molar-refractivity contribution in [2.24, 2.45) is 5.92 Å². The molecule has 0 spiro atoms. The molecule has 0 radical (unpaired) electrons. The van der Waals surface area contributed by atoms with Gasteiger partial charge in [-0.25, -0.2) is 4.39 Å². The second-order valence-corrected chi connectivity index (χ2v) is 5.55. The summed E-state index contributed by atoms with van der Waals surface area (Å²) in [4.78, 5) is 0. The Hall–Kier alpha value is -1.09. The van der Waals surface area contributed by atoms with Crippen LogP contribution in [0.25, 0.3) is 0 Å². The molecule has 2 rings (SSSR count). The van der Waals surface area contributed by atoms with E-state index in [0.29, 0.717) is 17.2 Å². The van der Waals surface area contributed by atoms with Gasteiger partial charge >= 0.3 is 0 Å². The largest absolute Gasteiger partial charge is 0.487 e. The number of halogens is 1. The SMILES string of the molecule is CCC1CCCC(Oc2ccc(C(C)O)cc2F)C1. The summed E-state index contributed by atoms with van der Waals surface area (Å²) >= 11 is 0. The molecule has 1 aliphatic carbocycles. The highest BCUT2D eigenvalue weighted by atomic mass is 19.1. The smallest absolute Gasteiger partial charge is 0.165 e. The molecule has 19 heavy (non-hydrogen) atoms. The van der Waals surface area contributed by atoms with Gasteiger partial charge in [0.2, 0.25) is 0 Å². The fourth-order valence-corrected chi connectivity index (χ4v) is 2.77. The van der Waals surface area contributed by atoms with Gasteiger partial charge in [0.25, 0.3) is 0 Å². The first kappa shape index (κ1) is 14.3. The third-order valence-corrected chi connectivity index (χ3v) is 4.04. The Kier molecular flexibility index (Phi) is 4.81. The molecule has 106 valence electrons. The van der Waals surface area contributed by atoms with Crippen molar-refractivity contribution in [3.05, 3.63) is 29.6 Å². The zero-order valence-corrected chi connectivity index (χ0v) is 11.7. The molecule has 3 heteroatoms. The van der Waals surface area contributed by atoms with E-state index in [1.54, 1.807) is 19.1 Å². The number of rotatable bonds is 4. The fourth-order valence-electron chi connectivity index (χ4n) is 2.77. The average Bonchev–Trinajstić information content (AvgIpc) is 2.41. The Bertz CT molecular complexity index is 417. The number of hydrogen-bond acceptors (Lipinski definition) is 2. The number of ether oxygens (including phenoxy) is 1. The predicted molar refractivity (Wildman–Crippen MR) is 73.7 cm³/mol. The van der Waals surface area contributed by atoms with Crippen molar-refractivity contribution in [3.8, 4) is 5.75 Å². The standard InChI is InChI=1S/C16H23FO2/c1-3-12-5-4-6-14(9-12)19-16-8-7-13(11(2)18)10-15(16)17/h7-8,10-12,14,18H,3-6,9H2,1-2H3. The van der Waals surface area contributed by atoms with Crippen molar-refractivity contribution >= 4 is 0 Å². The molecule has 3 unspecified atom stereocenters. The molecule has 0 aromatic heterocycles. The van der Waals surface area contributed by atoms with E-state index in [9.17, 15) is 9.50 Å². The van der Waals surface area contributed by atoms with Gasteiger partial charge in [-0.15, -0.1) is 0 Å². The first-order valence-electron chi connectivity index (χ1n) is 7.24. The van der Waals surface area contributed by atoms with Gasteiger partial charge in [0.15, 0.2) is 11.6 Å². The lowest BCUT2D eigenvalue weighted by molar-refractivity contribution is 0.117. The third kappa shape index (κ3) is 3.69. The maximum absolute atomic E-state index is 13.9. The molecule has 1 aliphatic rings. The Balaban J connectivity index is 2.02. The highest BCUT2D eigenvalue weighted by molar-refractivity contribution is 5.30. The maximum atomic E-state index is 13.9. The van der Waals surface area contributed by atoms with Crippen LogP contribution in [-0.2, 0) is 0 Å². The second kappa shape index (κ2) is 6.38. The zero-order chi connectivity index (χ0) is 13.8. The Morgan fingerprint density at radius 1 is 1.42 bits per heavy atom. The number of aliphatic hydroxyl groups is 1. The normalized spacial score (nSPS) is 25.1. The van der Waals surface area contributed by atoms with E-state index < -0.39 is 6.10 Å². The van der Waals surface area contributed by atoms with Gasteiger partial charge in [0, 0.05) is 0 Å². The molecule has 1 aromatic carbocycles. The molecular weight excluding hydrogens is 243 g/mol. The molecule has 0 saturated heterocycles. The van der Waals surface area contributed by atoms with Crippen molar-refractivity contribution in [2.75, 3.05) is 0 Å². The summed E-state index contributed by atoms with van der Waals surface area (Å²) in [6.45, 7) is 3.83. The summed E-state index contributed by atoms with van der Waals surface area (Å²) in [6, 6.07) is 4.72. The summed E-state index contributed by atoms with van der Waals surface area (Å²) in [5, 5.41) is 9.42. The molecule has 1 fully saturated rings. The monoisotopic (exact) mass is 266 g/mol. The van der Waals surface area contributed by atoms with Crippen molar-refractivity contribution in [2.45, 2.75) is 58.2 Å². The molecule has 0 bridgehead atoms. The minimum absolute atomic E-state index is 0.130. The Morgan fingerprint density at radius 3 is 2.84 bits per heavy atom. The van der Waals surface area contributed by atoms with Gasteiger partial charge in [-0.3, -0.25) is 0 Å². The van der Waals surface area contributed by atoms with Crippen LogP contribution in [0.5, 0.6) is 5.75 Å². The van der Waals surface area contributed by atoms with Crippen LogP contribution < -0.4 is 4.74 Å². The second-order valence-electron chi connectivity index (χ2n) is 5.55. The topological polar surface area (TPSA) is 29.5 Å². The summed E-state index contributed by atoms with van der Waals surface area (Å²) in [5.41, 5.74) is 0.583. The van der Waals surface area contributed by atoms with E-state index in [1.807, 2.05) is 0 Å². The van der Waals surface area contributed by atoms with Crippen LogP contribution in [0.4, 0.5) is 4.39 Å². The molecule has 2 nitrogen and oxygen atoms in total.